The Labute approximate surface area is 86.8 Å². The molecule has 2 rings (SSSR count). The van der Waals surface area contributed by atoms with Crippen molar-refractivity contribution in [1.29, 1.82) is 0 Å². The zero-order valence-corrected chi connectivity index (χ0v) is 9.17. The van der Waals surface area contributed by atoms with E-state index in [1.807, 2.05) is 0 Å². The minimum absolute atomic E-state index is 0.762. The fourth-order valence-electron chi connectivity index (χ4n) is 2.75. The van der Waals surface area contributed by atoms with Crippen LogP contribution in [0.15, 0.2) is 0 Å². The third-order valence-corrected chi connectivity index (χ3v) is 3.63. The molecule has 0 spiro atoms. The summed E-state index contributed by atoms with van der Waals surface area (Å²) in [4.78, 5) is 2.56. The first kappa shape index (κ1) is 10.4. The average Bonchev–Trinajstić information content (AvgIpc) is 2.67. The van der Waals surface area contributed by atoms with Crippen LogP contribution in [0.1, 0.15) is 19.3 Å². The zero-order valence-electron chi connectivity index (χ0n) is 9.17. The third kappa shape index (κ3) is 2.47. The van der Waals surface area contributed by atoms with Crippen LogP contribution in [0, 0.1) is 5.92 Å². The van der Waals surface area contributed by atoms with Crippen molar-refractivity contribution in [3.63, 3.8) is 0 Å². The van der Waals surface area contributed by atoms with Crippen LogP contribution in [-0.2, 0) is 4.74 Å². The Morgan fingerprint density at radius 1 is 1.29 bits per heavy atom. The second kappa shape index (κ2) is 5.10. The quantitative estimate of drug-likeness (QED) is 0.723. The molecule has 2 aliphatic rings. The smallest absolute Gasteiger partial charge is 0.0594 e. The van der Waals surface area contributed by atoms with Crippen LogP contribution in [0.2, 0.25) is 0 Å². The van der Waals surface area contributed by atoms with Gasteiger partial charge >= 0.3 is 0 Å². The van der Waals surface area contributed by atoms with Crippen LogP contribution in [0.25, 0.3) is 0 Å². The molecule has 0 amide bonds. The highest BCUT2D eigenvalue weighted by Crippen LogP contribution is 2.26. The van der Waals surface area contributed by atoms with Gasteiger partial charge in [-0.2, -0.15) is 0 Å². The molecule has 1 heterocycles. The van der Waals surface area contributed by atoms with Gasteiger partial charge in [0.05, 0.1) is 13.2 Å². The van der Waals surface area contributed by atoms with Gasteiger partial charge in [0, 0.05) is 25.7 Å². The van der Waals surface area contributed by atoms with E-state index in [0.717, 1.165) is 38.3 Å². The van der Waals surface area contributed by atoms with Gasteiger partial charge in [0.1, 0.15) is 0 Å². The molecule has 3 heteroatoms. The van der Waals surface area contributed by atoms with Gasteiger partial charge in [0.15, 0.2) is 0 Å². The first-order valence-corrected chi connectivity index (χ1v) is 5.87. The van der Waals surface area contributed by atoms with E-state index in [4.69, 9.17) is 4.74 Å². The Balaban J connectivity index is 1.77. The van der Waals surface area contributed by atoms with E-state index in [-0.39, 0.29) is 0 Å². The maximum atomic E-state index is 5.36. The van der Waals surface area contributed by atoms with Crippen molar-refractivity contribution in [2.24, 2.45) is 5.92 Å². The van der Waals surface area contributed by atoms with Crippen molar-refractivity contribution in [3.05, 3.63) is 0 Å². The number of ether oxygens (including phenoxy) is 1. The molecule has 0 radical (unpaired) electrons. The Morgan fingerprint density at radius 3 is 2.79 bits per heavy atom. The van der Waals surface area contributed by atoms with Gasteiger partial charge in [-0.1, -0.05) is 6.42 Å². The minimum Gasteiger partial charge on any atom is -0.379 e. The standard InChI is InChI=1S/C11H22N2O/c1-12-11-4-2-3-10(11)9-13-5-7-14-8-6-13/h10-12H,2-9H2,1H3. The van der Waals surface area contributed by atoms with Gasteiger partial charge in [0.2, 0.25) is 0 Å². The average molecular weight is 198 g/mol. The zero-order chi connectivity index (χ0) is 9.80. The van der Waals surface area contributed by atoms with Crippen LogP contribution < -0.4 is 5.32 Å². The summed E-state index contributed by atoms with van der Waals surface area (Å²) in [5, 5.41) is 3.45. The van der Waals surface area contributed by atoms with Gasteiger partial charge in [-0.05, 0) is 25.8 Å². The molecule has 0 aromatic carbocycles. The Morgan fingerprint density at radius 2 is 2.07 bits per heavy atom. The first-order chi connectivity index (χ1) is 6.90. The molecule has 1 aliphatic heterocycles. The molecule has 0 aromatic rings. The maximum Gasteiger partial charge on any atom is 0.0594 e. The number of nitrogens with one attached hydrogen (secondary N) is 1. The molecule has 1 saturated carbocycles. The van der Waals surface area contributed by atoms with E-state index in [2.05, 4.69) is 17.3 Å². The fraction of sp³-hybridized carbons (Fsp3) is 1.00. The predicted octanol–water partition coefficient (Wildman–Crippen LogP) is 0.707. The molecule has 0 bridgehead atoms. The van der Waals surface area contributed by atoms with Crippen LogP contribution >= 0.6 is 0 Å². The minimum atomic E-state index is 0.762. The molecule has 2 fully saturated rings. The van der Waals surface area contributed by atoms with E-state index in [1.165, 1.54) is 25.8 Å². The molecular weight excluding hydrogens is 176 g/mol. The first-order valence-electron chi connectivity index (χ1n) is 5.87. The topological polar surface area (TPSA) is 24.5 Å². The largest absolute Gasteiger partial charge is 0.379 e. The Hall–Kier alpha value is -0.120. The number of hydrogen-bond acceptors (Lipinski definition) is 3. The van der Waals surface area contributed by atoms with Crippen LogP contribution in [-0.4, -0.2) is 50.8 Å². The summed E-state index contributed by atoms with van der Waals surface area (Å²) < 4.78 is 5.36. The van der Waals surface area contributed by atoms with Crippen molar-refractivity contribution in [2.75, 3.05) is 39.9 Å². The van der Waals surface area contributed by atoms with Gasteiger partial charge in [0.25, 0.3) is 0 Å². The molecule has 2 atom stereocenters. The highest BCUT2D eigenvalue weighted by Gasteiger charge is 2.27. The van der Waals surface area contributed by atoms with Crippen LogP contribution in [0.3, 0.4) is 0 Å². The molecule has 14 heavy (non-hydrogen) atoms. The predicted molar refractivity (Wildman–Crippen MR) is 57.4 cm³/mol. The van der Waals surface area contributed by atoms with E-state index in [1.54, 1.807) is 0 Å². The Bertz CT molecular complexity index is 169. The van der Waals surface area contributed by atoms with E-state index < -0.39 is 0 Å². The molecule has 82 valence electrons. The van der Waals surface area contributed by atoms with E-state index >= 15 is 0 Å². The lowest BCUT2D eigenvalue weighted by atomic mass is 10.0. The molecule has 2 unspecified atom stereocenters. The molecule has 1 aliphatic carbocycles. The van der Waals surface area contributed by atoms with Crippen LogP contribution in [0.5, 0.6) is 0 Å². The summed E-state index contributed by atoms with van der Waals surface area (Å²) in [6.07, 6.45) is 4.18. The van der Waals surface area contributed by atoms with E-state index in [0.29, 0.717) is 0 Å². The van der Waals surface area contributed by atoms with Crippen molar-refractivity contribution in [3.8, 4) is 0 Å². The lowest BCUT2D eigenvalue weighted by Crippen LogP contribution is -2.43. The molecular formula is C11H22N2O. The summed E-state index contributed by atoms with van der Waals surface area (Å²) in [6, 6.07) is 0.762. The second-order valence-corrected chi connectivity index (χ2v) is 4.50. The number of morpholine rings is 1. The SMILES string of the molecule is CNC1CCCC1CN1CCOCC1. The van der Waals surface area contributed by atoms with Gasteiger partial charge < -0.3 is 10.1 Å². The number of hydrogen-bond donors (Lipinski definition) is 1. The van der Waals surface area contributed by atoms with Crippen LogP contribution in [0.4, 0.5) is 0 Å². The maximum absolute atomic E-state index is 5.36. The lowest BCUT2D eigenvalue weighted by Gasteiger charge is -2.31. The van der Waals surface area contributed by atoms with Gasteiger partial charge in [-0.3, -0.25) is 4.90 Å². The molecule has 1 saturated heterocycles. The van der Waals surface area contributed by atoms with E-state index in [9.17, 15) is 0 Å². The monoisotopic (exact) mass is 198 g/mol. The summed E-state index contributed by atoms with van der Waals surface area (Å²) in [6.45, 7) is 5.39. The Kier molecular flexibility index (Phi) is 3.79. The second-order valence-electron chi connectivity index (χ2n) is 4.50. The number of rotatable bonds is 3. The normalized spacial score (nSPS) is 34.9. The van der Waals surface area contributed by atoms with Gasteiger partial charge in [-0.25, -0.2) is 0 Å². The van der Waals surface area contributed by atoms with Crippen molar-refractivity contribution < 1.29 is 4.74 Å². The highest BCUT2D eigenvalue weighted by molar-refractivity contribution is 4.84. The highest BCUT2D eigenvalue weighted by atomic mass is 16.5. The number of nitrogens with zero attached hydrogens (tertiary/aromatic N) is 1. The van der Waals surface area contributed by atoms with Crippen molar-refractivity contribution in [2.45, 2.75) is 25.3 Å². The third-order valence-electron chi connectivity index (χ3n) is 3.63. The molecule has 0 aromatic heterocycles. The summed E-state index contributed by atoms with van der Waals surface area (Å²) >= 11 is 0. The van der Waals surface area contributed by atoms with Crippen molar-refractivity contribution in [1.82, 2.24) is 10.2 Å². The molecule has 3 nitrogen and oxygen atoms in total. The summed E-state index contributed by atoms with van der Waals surface area (Å²) in [7, 11) is 2.10. The summed E-state index contributed by atoms with van der Waals surface area (Å²) in [5.41, 5.74) is 0. The van der Waals surface area contributed by atoms with Crippen molar-refractivity contribution >= 4 is 0 Å². The fourth-order valence-corrected chi connectivity index (χ4v) is 2.75. The lowest BCUT2D eigenvalue weighted by molar-refractivity contribution is 0.0294. The summed E-state index contributed by atoms with van der Waals surface area (Å²) in [5.74, 6) is 0.873. The van der Waals surface area contributed by atoms with Gasteiger partial charge in [-0.15, -0.1) is 0 Å². The molecule has 1 N–H and O–H groups in total.